The highest BCUT2D eigenvalue weighted by atomic mass is 35.5. The lowest BCUT2D eigenvalue weighted by Gasteiger charge is -2.07. The Labute approximate surface area is 95.7 Å². The Bertz CT molecular complexity index is 311. The summed E-state index contributed by atoms with van der Waals surface area (Å²) in [7, 11) is 0. The molecule has 0 aliphatic carbocycles. The molecule has 1 aromatic rings. The van der Waals surface area contributed by atoms with Crippen LogP contribution in [0.2, 0.25) is 0 Å². The highest BCUT2D eigenvalue weighted by Gasteiger charge is 2.03. The molecule has 1 unspecified atom stereocenters. The van der Waals surface area contributed by atoms with Crippen LogP contribution in [-0.2, 0) is 6.42 Å². The van der Waals surface area contributed by atoms with Gasteiger partial charge in [0.1, 0.15) is 0 Å². The molecular weight excluding hydrogens is 214 g/mol. The number of hydrogen-bond donors (Lipinski definition) is 2. The van der Waals surface area contributed by atoms with E-state index in [1.165, 1.54) is 6.92 Å². The van der Waals surface area contributed by atoms with E-state index in [1.54, 1.807) is 12.1 Å². The van der Waals surface area contributed by atoms with Gasteiger partial charge in [0.25, 0.3) is 0 Å². The number of benzene rings is 1. The number of Topliss-reactive ketones (excluding diaryl/α,β-unsaturated/α-hetero) is 1. The van der Waals surface area contributed by atoms with Crippen LogP contribution in [-0.4, -0.2) is 23.5 Å². The Kier molecular flexibility index (Phi) is 6.17. The topological polar surface area (TPSA) is 63.3 Å². The first kappa shape index (κ1) is 14.1. The van der Waals surface area contributed by atoms with E-state index in [0.717, 1.165) is 5.56 Å². The molecule has 1 atom stereocenters. The summed E-state index contributed by atoms with van der Waals surface area (Å²) in [4.78, 5) is 11.0. The van der Waals surface area contributed by atoms with Gasteiger partial charge in [-0.2, -0.15) is 0 Å². The van der Waals surface area contributed by atoms with Crippen molar-refractivity contribution >= 4 is 18.2 Å². The van der Waals surface area contributed by atoms with E-state index >= 15 is 0 Å². The maximum absolute atomic E-state index is 11.0. The van der Waals surface area contributed by atoms with E-state index in [-0.39, 0.29) is 30.8 Å². The number of aliphatic hydroxyl groups excluding tert-OH is 1. The number of aliphatic hydroxyl groups is 1. The van der Waals surface area contributed by atoms with Crippen molar-refractivity contribution in [2.24, 2.45) is 5.73 Å². The predicted octanol–water partition coefficient (Wildman–Crippen LogP) is 1.17. The van der Waals surface area contributed by atoms with Crippen molar-refractivity contribution in [2.75, 3.05) is 6.61 Å². The van der Waals surface area contributed by atoms with Gasteiger partial charge in [-0.25, -0.2) is 0 Å². The SMILES string of the molecule is CC(=O)c1ccc(CC(N)CO)cc1.Cl. The standard InChI is InChI=1S/C11H15NO2.ClH/c1-8(14)10-4-2-9(3-5-10)6-11(12)7-13;/h2-5,11,13H,6-7,12H2,1H3;1H. The molecule has 0 saturated heterocycles. The molecule has 0 amide bonds. The van der Waals surface area contributed by atoms with Gasteiger partial charge < -0.3 is 10.8 Å². The smallest absolute Gasteiger partial charge is 0.159 e. The van der Waals surface area contributed by atoms with E-state index in [4.69, 9.17) is 10.8 Å². The van der Waals surface area contributed by atoms with Gasteiger partial charge in [-0.05, 0) is 18.9 Å². The van der Waals surface area contributed by atoms with Gasteiger partial charge in [0.05, 0.1) is 6.61 Å². The van der Waals surface area contributed by atoms with Crippen molar-refractivity contribution in [2.45, 2.75) is 19.4 Å². The Morgan fingerprint density at radius 3 is 2.33 bits per heavy atom. The molecule has 0 fully saturated rings. The summed E-state index contributed by atoms with van der Waals surface area (Å²) in [6.45, 7) is 1.52. The molecule has 0 bridgehead atoms. The van der Waals surface area contributed by atoms with Crippen molar-refractivity contribution in [3.8, 4) is 0 Å². The molecule has 3 nitrogen and oxygen atoms in total. The summed E-state index contributed by atoms with van der Waals surface area (Å²) in [5, 5.41) is 8.76. The summed E-state index contributed by atoms with van der Waals surface area (Å²) in [5.41, 5.74) is 7.32. The molecule has 15 heavy (non-hydrogen) atoms. The fraction of sp³-hybridized carbons (Fsp3) is 0.364. The second-order valence-corrected chi connectivity index (χ2v) is 3.40. The third-order valence-corrected chi connectivity index (χ3v) is 2.09. The molecule has 0 aromatic heterocycles. The van der Waals surface area contributed by atoms with Gasteiger partial charge in [0.15, 0.2) is 5.78 Å². The molecule has 0 radical (unpaired) electrons. The van der Waals surface area contributed by atoms with E-state index < -0.39 is 0 Å². The molecule has 1 aromatic carbocycles. The minimum absolute atomic E-state index is 0. The maximum Gasteiger partial charge on any atom is 0.159 e. The van der Waals surface area contributed by atoms with E-state index in [1.807, 2.05) is 12.1 Å². The van der Waals surface area contributed by atoms with Crippen LogP contribution in [0.15, 0.2) is 24.3 Å². The van der Waals surface area contributed by atoms with Gasteiger partial charge >= 0.3 is 0 Å². The largest absolute Gasteiger partial charge is 0.395 e. The zero-order valence-corrected chi connectivity index (χ0v) is 9.46. The average Bonchev–Trinajstić information content (AvgIpc) is 2.18. The Hall–Kier alpha value is -0.900. The lowest BCUT2D eigenvalue weighted by Crippen LogP contribution is -2.26. The van der Waals surface area contributed by atoms with Gasteiger partial charge in [0.2, 0.25) is 0 Å². The average molecular weight is 230 g/mol. The molecule has 0 saturated carbocycles. The quantitative estimate of drug-likeness (QED) is 0.762. The van der Waals surface area contributed by atoms with Crippen LogP contribution in [0, 0.1) is 0 Å². The summed E-state index contributed by atoms with van der Waals surface area (Å²) >= 11 is 0. The van der Waals surface area contributed by atoms with E-state index in [9.17, 15) is 4.79 Å². The summed E-state index contributed by atoms with van der Waals surface area (Å²) < 4.78 is 0. The first-order chi connectivity index (χ1) is 6.63. The van der Waals surface area contributed by atoms with E-state index in [0.29, 0.717) is 12.0 Å². The van der Waals surface area contributed by atoms with Crippen LogP contribution >= 0.6 is 12.4 Å². The van der Waals surface area contributed by atoms with Gasteiger partial charge in [-0.15, -0.1) is 12.4 Å². The Balaban J connectivity index is 0.00000196. The predicted molar refractivity (Wildman–Crippen MR) is 62.5 cm³/mol. The van der Waals surface area contributed by atoms with Crippen molar-refractivity contribution in [1.82, 2.24) is 0 Å². The molecule has 0 aliphatic heterocycles. The minimum Gasteiger partial charge on any atom is -0.395 e. The van der Waals surface area contributed by atoms with E-state index in [2.05, 4.69) is 0 Å². The molecule has 3 N–H and O–H groups in total. The van der Waals surface area contributed by atoms with Gasteiger partial charge in [0, 0.05) is 11.6 Å². The van der Waals surface area contributed by atoms with Crippen LogP contribution < -0.4 is 5.73 Å². The van der Waals surface area contributed by atoms with Crippen LogP contribution in [0.4, 0.5) is 0 Å². The number of ketones is 1. The molecular formula is C11H16ClNO2. The molecule has 4 heteroatoms. The van der Waals surface area contributed by atoms with Gasteiger partial charge in [-0.1, -0.05) is 24.3 Å². The van der Waals surface area contributed by atoms with Crippen LogP contribution in [0.5, 0.6) is 0 Å². The molecule has 1 rings (SSSR count). The van der Waals surface area contributed by atoms with Crippen molar-refractivity contribution < 1.29 is 9.90 Å². The highest BCUT2D eigenvalue weighted by Crippen LogP contribution is 2.06. The molecule has 0 heterocycles. The van der Waals surface area contributed by atoms with Crippen molar-refractivity contribution in [1.29, 1.82) is 0 Å². The minimum atomic E-state index is -0.224. The van der Waals surface area contributed by atoms with Crippen molar-refractivity contribution in [3.05, 3.63) is 35.4 Å². The number of nitrogens with two attached hydrogens (primary N) is 1. The third-order valence-electron chi connectivity index (χ3n) is 2.09. The maximum atomic E-state index is 11.0. The molecule has 84 valence electrons. The Morgan fingerprint density at radius 2 is 1.93 bits per heavy atom. The summed E-state index contributed by atoms with van der Waals surface area (Å²) in [6, 6.07) is 7.07. The summed E-state index contributed by atoms with van der Waals surface area (Å²) in [5.74, 6) is 0.0583. The molecule has 0 aliphatic rings. The lowest BCUT2D eigenvalue weighted by atomic mass is 10.0. The Morgan fingerprint density at radius 1 is 1.40 bits per heavy atom. The number of carbonyl (C=O) groups excluding carboxylic acids is 1. The number of carbonyl (C=O) groups is 1. The fourth-order valence-electron chi connectivity index (χ4n) is 1.24. The first-order valence-corrected chi connectivity index (χ1v) is 4.60. The molecule has 0 spiro atoms. The monoisotopic (exact) mass is 229 g/mol. The van der Waals surface area contributed by atoms with Crippen LogP contribution in [0.3, 0.4) is 0 Å². The van der Waals surface area contributed by atoms with Crippen molar-refractivity contribution in [3.63, 3.8) is 0 Å². The first-order valence-electron chi connectivity index (χ1n) is 4.60. The fourth-order valence-corrected chi connectivity index (χ4v) is 1.24. The normalized spacial score (nSPS) is 11.7. The number of halogens is 1. The lowest BCUT2D eigenvalue weighted by molar-refractivity contribution is 0.101. The second-order valence-electron chi connectivity index (χ2n) is 3.40. The van der Waals surface area contributed by atoms with Crippen LogP contribution in [0.1, 0.15) is 22.8 Å². The second kappa shape index (κ2) is 6.56. The summed E-state index contributed by atoms with van der Waals surface area (Å²) in [6.07, 6.45) is 0.634. The third kappa shape index (κ3) is 4.42. The van der Waals surface area contributed by atoms with Gasteiger partial charge in [-0.3, -0.25) is 4.79 Å². The number of hydrogen-bond acceptors (Lipinski definition) is 3. The highest BCUT2D eigenvalue weighted by molar-refractivity contribution is 5.93. The zero-order valence-electron chi connectivity index (χ0n) is 8.64. The number of rotatable bonds is 4. The van der Waals surface area contributed by atoms with Crippen LogP contribution in [0.25, 0.3) is 0 Å². The zero-order chi connectivity index (χ0) is 10.6.